The van der Waals surface area contributed by atoms with E-state index in [0.29, 0.717) is 6.04 Å². The molecule has 1 atom stereocenters. The van der Waals surface area contributed by atoms with E-state index in [1.807, 2.05) is 32.0 Å². The second kappa shape index (κ2) is 6.18. The molecule has 0 bridgehead atoms. The average Bonchev–Trinajstić information content (AvgIpc) is 2.78. The van der Waals surface area contributed by atoms with Gasteiger partial charge in [0.1, 0.15) is 5.76 Å². The lowest BCUT2D eigenvalue weighted by Gasteiger charge is -2.35. The van der Waals surface area contributed by atoms with Crippen LogP contribution in [0.15, 0.2) is 28.7 Å². The van der Waals surface area contributed by atoms with Crippen LogP contribution in [0, 0.1) is 13.8 Å². The van der Waals surface area contributed by atoms with Gasteiger partial charge in [0.05, 0.1) is 12.2 Å². The fourth-order valence-electron chi connectivity index (χ4n) is 2.76. The van der Waals surface area contributed by atoms with E-state index in [4.69, 9.17) is 16.0 Å². The molecule has 3 rings (SSSR count). The van der Waals surface area contributed by atoms with E-state index < -0.39 is 0 Å². The molecule has 5 heteroatoms. The van der Waals surface area contributed by atoms with Gasteiger partial charge < -0.3 is 9.73 Å². The van der Waals surface area contributed by atoms with Crippen molar-refractivity contribution < 1.29 is 4.42 Å². The summed E-state index contributed by atoms with van der Waals surface area (Å²) in [7, 11) is 0. The average molecular weight is 306 g/mol. The first-order valence-electron chi connectivity index (χ1n) is 7.26. The Labute approximate surface area is 130 Å². The molecule has 2 aromatic rings. The van der Waals surface area contributed by atoms with Crippen molar-refractivity contribution in [2.45, 2.75) is 26.4 Å². The normalized spacial score (nSPS) is 19.9. The molecule has 21 heavy (non-hydrogen) atoms. The standard InChI is InChI=1S/C16H20ClN3O/c1-11-12(2)21-16(19-11)10-20-7-6-18-9-15(20)13-4-3-5-14(17)8-13/h3-5,8,15,18H,6-7,9-10H2,1-2H3. The van der Waals surface area contributed by atoms with Crippen LogP contribution in [0.1, 0.15) is 29.0 Å². The van der Waals surface area contributed by atoms with Gasteiger partial charge >= 0.3 is 0 Å². The van der Waals surface area contributed by atoms with Crippen molar-refractivity contribution in [3.05, 3.63) is 52.2 Å². The van der Waals surface area contributed by atoms with Crippen LogP contribution in [0.25, 0.3) is 0 Å². The summed E-state index contributed by atoms with van der Waals surface area (Å²) in [4.78, 5) is 6.89. The van der Waals surface area contributed by atoms with Crippen LogP contribution in [0.3, 0.4) is 0 Å². The third-order valence-electron chi connectivity index (χ3n) is 4.00. The number of oxazole rings is 1. The van der Waals surface area contributed by atoms with Gasteiger partial charge in [-0.15, -0.1) is 0 Å². The van der Waals surface area contributed by atoms with Crippen molar-refractivity contribution in [3.63, 3.8) is 0 Å². The number of piperazine rings is 1. The molecule has 1 aliphatic heterocycles. The fourth-order valence-corrected chi connectivity index (χ4v) is 2.96. The van der Waals surface area contributed by atoms with E-state index in [2.05, 4.69) is 21.3 Å². The van der Waals surface area contributed by atoms with E-state index in [1.165, 1.54) is 5.56 Å². The molecule has 1 N–H and O–H groups in total. The molecule has 1 aromatic carbocycles. The van der Waals surface area contributed by atoms with E-state index in [0.717, 1.165) is 48.5 Å². The Morgan fingerprint density at radius 1 is 1.43 bits per heavy atom. The SMILES string of the molecule is Cc1nc(CN2CCNCC2c2cccc(Cl)c2)oc1C. The quantitative estimate of drug-likeness (QED) is 0.946. The van der Waals surface area contributed by atoms with E-state index >= 15 is 0 Å². The number of nitrogens with zero attached hydrogens (tertiary/aromatic N) is 2. The maximum Gasteiger partial charge on any atom is 0.208 e. The van der Waals surface area contributed by atoms with E-state index in [1.54, 1.807) is 0 Å². The predicted molar refractivity (Wildman–Crippen MR) is 83.4 cm³/mol. The lowest BCUT2D eigenvalue weighted by Crippen LogP contribution is -2.45. The summed E-state index contributed by atoms with van der Waals surface area (Å²) in [5, 5.41) is 4.23. The molecule has 1 aliphatic rings. The highest BCUT2D eigenvalue weighted by atomic mass is 35.5. The van der Waals surface area contributed by atoms with Gasteiger partial charge in [-0.1, -0.05) is 23.7 Å². The number of hydrogen-bond acceptors (Lipinski definition) is 4. The Hall–Kier alpha value is -1.36. The number of aromatic nitrogens is 1. The Kier molecular flexibility index (Phi) is 4.29. The van der Waals surface area contributed by atoms with Crippen molar-refractivity contribution in [2.24, 2.45) is 0 Å². The van der Waals surface area contributed by atoms with Crippen LogP contribution in [0.5, 0.6) is 0 Å². The number of halogens is 1. The number of aryl methyl sites for hydroxylation is 2. The highest BCUT2D eigenvalue weighted by Gasteiger charge is 2.25. The largest absolute Gasteiger partial charge is 0.444 e. The smallest absolute Gasteiger partial charge is 0.208 e. The molecular weight excluding hydrogens is 286 g/mol. The minimum atomic E-state index is 0.296. The number of hydrogen-bond donors (Lipinski definition) is 1. The van der Waals surface area contributed by atoms with Crippen LogP contribution >= 0.6 is 11.6 Å². The van der Waals surface area contributed by atoms with Gasteiger partial charge in [0.2, 0.25) is 5.89 Å². The molecule has 4 nitrogen and oxygen atoms in total. The zero-order valence-corrected chi connectivity index (χ0v) is 13.2. The maximum absolute atomic E-state index is 6.13. The topological polar surface area (TPSA) is 41.3 Å². The van der Waals surface area contributed by atoms with Crippen LogP contribution in [-0.2, 0) is 6.54 Å². The molecule has 0 amide bonds. The van der Waals surface area contributed by atoms with Crippen molar-refractivity contribution >= 4 is 11.6 Å². The van der Waals surface area contributed by atoms with Gasteiger partial charge in [-0.2, -0.15) is 0 Å². The predicted octanol–water partition coefficient (Wildman–Crippen LogP) is 3.09. The van der Waals surface area contributed by atoms with Crippen molar-refractivity contribution in [1.29, 1.82) is 0 Å². The van der Waals surface area contributed by atoms with E-state index in [-0.39, 0.29) is 0 Å². The van der Waals surface area contributed by atoms with Gasteiger partial charge in [0, 0.05) is 30.7 Å². The molecule has 1 saturated heterocycles. The summed E-state index contributed by atoms with van der Waals surface area (Å²) in [6.45, 7) is 7.53. The van der Waals surface area contributed by atoms with Crippen LogP contribution < -0.4 is 5.32 Å². The lowest BCUT2D eigenvalue weighted by molar-refractivity contribution is 0.139. The molecule has 112 valence electrons. The Bertz CT molecular complexity index is 606. The van der Waals surface area contributed by atoms with E-state index in [9.17, 15) is 0 Å². The molecular formula is C16H20ClN3O. The van der Waals surface area contributed by atoms with Crippen molar-refractivity contribution in [2.75, 3.05) is 19.6 Å². The number of rotatable bonds is 3. The third-order valence-corrected chi connectivity index (χ3v) is 4.23. The van der Waals surface area contributed by atoms with Crippen molar-refractivity contribution in [1.82, 2.24) is 15.2 Å². The number of benzene rings is 1. The second-order valence-electron chi connectivity index (χ2n) is 5.49. The Morgan fingerprint density at radius 2 is 2.29 bits per heavy atom. The summed E-state index contributed by atoms with van der Waals surface area (Å²) >= 11 is 6.13. The minimum absolute atomic E-state index is 0.296. The first-order chi connectivity index (χ1) is 10.1. The molecule has 0 spiro atoms. The zero-order chi connectivity index (χ0) is 14.8. The molecule has 0 radical (unpaired) electrons. The summed E-state index contributed by atoms with van der Waals surface area (Å²) in [5.41, 5.74) is 2.20. The fraction of sp³-hybridized carbons (Fsp3) is 0.438. The van der Waals surface area contributed by atoms with Gasteiger partial charge in [0.25, 0.3) is 0 Å². The highest BCUT2D eigenvalue weighted by molar-refractivity contribution is 6.30. The minimum Gasteiger partial charge on any atom is -0.444 e. The number of nitrogens with one attached hydrogen (secondary N) is 1. The molecule has 0 aliphatic carbocycles. The first-order valence-corrected chi connectivity index (χ1v) is 7.64. The van der Waals surface area contributed by atoms with Gasteiger partial charge in [-0.3, -0.25) is 4.90 Å². The lowest BCUT2D eigenvalue weighted by atomic mass is 10.0. The highest BCUT2D eigenvalue weighted by Crippen LogP contribution is 2.26. The summed E-state index contributed by atoms with van der Waals surface area (Å²) in [6.07, 6.45) is 0. The molecule has 0 saturated carbocycles. The third kappa shape index (κ3) is 3.28. The molecule has 1 unspecified atom stereocenters. The summed E-state index contributed by atoms with van der Waals surface area (Å²) < 4.78 is 5.73. The van der Waals surface area contributed by atoms with Gasteiger partial charge in [-0.05, 0) is 31.5 Å². The summed E-state index contributed by atoms with van der Waals surface area (Å²) in [6, 6.07) is 8.38. The van der Waals surface area contributed by atoms with Crippen LogP contribution in [0.2, 0.25) is 5.02 Å². The van der Waals surface area contributed by atoms with Crippen LogP contribution in [-0.4, -0.2) is 29.5 Å². The Balaban J connectivity index is 1.81. The molecule has 1 aromatic heterocycles. The molecule has 2 heterocycles. The van der Waals surface area contributed by atoms with Crippen molar-refractivity contribution in [3.8, 4) is 0 Å². The van der Waals surface area contributed by atoms with Gasteiger partial charge in [0.15, 0.2) is 0 Å². The zero-order valence-electron chi connectivity index (χ0n) is 12.4. The summed E-state index contributed by atoms with van der Waals surface area (Å²) in [5.74, 6) is 1.69. The second-order valence-corrected chi connectivity index (χ2v) is 5.93. The van der Waals surface area contributed by atoms with Gasteiger partial charge in [-0.25, -0.2) is 4.98 Å². The first kappa shape index (κ1) is 14.6. The van der Waals surface area contributed by atoms with Crippen LogP contribution in [0.4, 0.5) is 0 Å². The Morgan fingerprint density at radius 3 is 3.00 bits per heavy atom. The molecule has 1 fully saturated rings. The maximum atomic E-state index is 6.13. The monoisotopic (exact) mass is 305 g/mol.